The van der Waals surface area contributed by atoms with E-state index in [1.807, 2.05) is 0 Å². The number of rotatable bonds is 4. The molecule has 0 amide bonds. The molecule has 0 aromatic rings. The molecule has 1 heteroatoms. The summed E-state index contributed by atoms with van der Waals surface area (Å²) in [6.45, 7) is 4.28. The van der Waals surface area contributed by atoms with Gasteiger partial charge in [0.15, 0.2) is 0 Å². The molecule has 1 aliphatic carbocycles. The summed E-state index contributed by atoms with van der Waals surface area (Å²) in [6, 6.07) is 0. The van der Waals surface area contributed by atoms with Gasteiger partial charge in [0.2, 0.25) is 0 Å². The Labute approximate surface area is 87.6 Å². The van der Waals surface area contributed by atoms with E-state index in [0.29, 0.717) is 5.78 Å². The van der Waals surface area contributed by atoms with Crippen molar-refractivity contribution in [2.75, 3.05) is 0 Å². The van der Waals surface area contributed by atoms with Gasteiger partial charge in [-0.3, -0.25) is 4.79 Å². The van der Waals surface area contributed by atoms with Gasteiger partial charge in [-0.2, -0.15) is 0 Å². The maximum atomic E-state index is 11.5. The topological polar surface area (TPSA) is 17.1 Å². The maximum Gasteiger partial charge on any atom is 0.136 e. The highest BCUT2D eigenvalue weighted by Crippen LogP contribution is 2.26. The summed E-state index contributed by atoms with van der Waals surface area (Å²) in [4.78, 5) is 11.5. The number of hydrogen-bond donors (Lipinski definition) is 0. The van der Waals surface area contributed by atoms with Crippen LogP contribution in [-0.4, -0.2) is 5.78 Å². The second-order valence-electron chi connectivity index (χ2n) is 4.41. The summed E-state index contributed by atoms with van der Waals surface area (Å²) in [6.07, 6.45) is 8.81. The molecule has 0 saturated carbocycles. The fourth-order valence-electron chi connectivity index (χ4n) is 2.14. The van der Waals surface area contributed by atoms with Gasteiger partial charge in [0.25, 0.3) is 0 Å². The van der Waals surface area contributed by atoms with Gasteiger partial charge in [-0.05, 0) is 39.0 Å². The lowest BCUT2D eigenvalue weighted by molar-refractivity contribution is -0.118. The first kappa shape index (κ1) is 11.5. The molecular formula is C13H22O. The third-order valence-electron chi connectivity index (χ3n) is 3.07. The minimum atomic E-state index is 0.434. The third-order valence-corrected chi connectivity index (χ3v) is 3.07. The average Bonchev–Trinajstić information content (AvgIpc) is 2.33. The lowest BCUT2D eigenvalue weighted by Crippen LogP contribution is -2.00. The minimum Gasteiger partial charge on any atom is -0.299 e. The molecule has 0 N–H and O–H groups in total. The van der Waals surface area contributed by atoms with Gasteiger partial charge in [-0.1, -0.05) is 24.5 Å². The molecule has 1 rings (SSSR count). The molecule has 0 aromatic heterocycles. The van der Waals surface area contributed by atoms with E-state index in [0.717, 1.165) is 19.3 Å². The van der Waals surface area contributed by atoms with Crippen molar-refractivity contribution in [3.63, 3.8) is 0 Å². The number of allylic oxidation sites excluding steroid dienone is 2. The largest absolute Gasteiger partial charge is 0.299 e. The molecule has 14 heavy (non-hydrogen) atoms. The van der Waals surface area contributed by atoms with Crippen LogP contribution < -0.4 is 0 Å². The lowest BCUT2D eigenvalue weighted by atomic mass is 9.98. The summed E-state index contributed by atoms with van der Waals surface area (Å²) in [5.41, 5.74) is 2.94. The molecule has 0 saturated heterocycles. The van der Waals surface area contributed by atoms with Crippen LogP contribution >= 0.6 is 0 Å². The highest BCUT2D eigenvalue weighted by Gasteiger charge is 2.11. The van der Waals surface area contributed by atoms with Crippen LogP contribution in [0.1, 0.15) is 65.2 Å². The minimum absolute atomic E-state index is 0.434. The van der Waals surface area contributed by atoms with Crippen LogP contribution in [0.2, 0.25) is 0 Å². The van der Waals surface area contributed by atoms with E-state index in [1.165, 1.54) is 43.3 Å². The molecule has 0 radical (unpaired) electrons. The van der Waals surface area contributed by atoms with Crippen molar-refractivity contribution in [3.05, 3.63) is 11.1 Å². The van der Waals surface area contributed by atoms with E-state index < -0.39 is 0 Å². The third kappa shape index (κ3) is 3.65. The van der Waals surface area contributed by atoms with Crippen molar-refractivity contribution in [2.45, 2.75) is 65.2 Å². The Bertz CT molecular complexity index is 225. The zero-order chi connectivity index (χ0) is 10.4. The molecular weight excluding hydrogens is 172 g/mol. The number of carbonyl (C=O) groups excluding carboxylic acids is 1. The summed E-state index contributed by atoms with van der Waals surface area (Å²) in [7, 11) is 0. The van der Waals surface area contributed by atoms with Crippen molar-refractivity contribution >= 4 is 5.78 Å². The Morgan fingerprint density at radius 2 is 1.93 bits per heavy atom. The van der Waals surface area contributed by atoms with E-state index in [2.05, 4.69) is 13.8 Å². The molecule has 80 valence electrons. The summed E-state index contributed by atoms with van der Waals surface area (Å²) >= 11 is 0. The van der Waals surface area contributed by atoms with Gasteiger partial charge in [-0.15, -0.1) is 0 Å². The Balaban J connectivity index is 2.51. The van der Waals surface area contributed by atoms with E-state index in [9.17, 15) is 4.79 Å². The van der Waals surface area contributed by atoms with Gasteiger partial charge in [0.05, 0.1) is 0 Å². The maximum absolute atomic E-state index is 11.5. The van der Waals surface area contributed by atoms with Crippen molar-refractivity contribution < 1.29 is 4.79 Å². The van der Waals surface area contributed by atoms with E-state index in [-0.39, 0.29) is 0 Å². The molecule has 1 nitrogen and oxygen atoms in total. The van der Waals surface area contributed by atoms with Gasteiger partial charge in [0.1, 0.15) is 5.78 Å². The van der Waals surface area contributed by atoms with E-state index in [4.69, 9.17) is 0 Å². The molecule has 0 fully saturated rings. The number of hydrogen-bond acceptors (Lipinski definition) is 1. The van der Waals surface area contributed by atoms with Gasteiger partial charge in [0, 0.05) is 12.8 Å². The van der Waals surface area contributed by atoms with Gasteiger partial charge < -0.3 is 0 Å². The zero-order valence-corrected chi connectivity index (χ0v) is 9.57. The summed E-state index contributed by atoms with van der Waals surface area (Å²) < 4.78 is 0. The molecule has 0 heterocycles. The molecule has 0 unspecified atom stereocenters. The monoisotopic (exact) mass is 194 g/mol. The van der Waals surface area contributed by atoms with E-state index >= 15 is 0 Å². The molecule has 1 aliphatic rings. The first-order valence-corrected chi connectivity index (χ1v) is 5.93. The Morgan fingerprint density at radius 3 is 2.64 bits per heavy atom. The highest BCUT2D eigenvalue weighted by atomic mass is 16.1. The number of ketones is 1. The van der Waals surface area contributed by atoms with Gasteiger partial charge in [-0.25, -0.2) is 0 Å². The van der Waals surface area contributed by atoms with Crippen LogP contribution in [0.25, 0.3) is 0 Å². The smallest absolute Gasteiger partial charge is 0.136 e. The van der Waals surface area contributed by atoms with Gasteiger partial charge >= 0.3 is 0 Å². The Kier molecular flexibility index (Phi) is 4.92. The fourth-order valence-corrected chi connectivity index (χ4v) is 2.14. The second-order valence-corrected chi connectivity index (χ2v) is 4.41. The van der Waals surface area contributed by atoms with Crippen LogP contribution in [0.15, 0.2) is 11.1 Å². The van der Waals surface area contributed by atoms with E-state index in [1.54, 1.807) is 0 Å². The molecule has 0 atom stereocenters. The van der Waals surface area contributed by atoms with Crippen LogP contribution in [-0.2, 0) is 4.79 Å². The number of Topliss-reactive ketones (excluding diaryl/α,β-unsaturated/α-hetero) is 1. The number of carbonyl (C=O) groups is 1. The van der Waals surface area contributed by atoms with Crippen LogP contribution in [0.4, 0.5) is 0 Å². The first-order valence-electron chi connectivity index (χ1n) is 5.93. The Morgan fingerprint density at radius 1 is 1.21 bits per heavy atom. The molecule has 0 spiro atoms. The molecule has 0 bridgehead atoms. The second kappa shape index (κ2) is 6.00. The van der Waals surface area contributed by atoms with Crippen molar-refractivity contribution in [2.24, 2.45) is 0 Å². The van der Waals surface area contributed by atoms with Crippen molar-refractivity contribution in [1.29, 1.82) is 0 Å². The van der Waals surface area contributed by atoms with Crippen LogP contribution in [0, 0.1) is 0 Å². The molecule has 0 aliphatic heterocycles. The fraction of sp³-hybridized carbons (Fsp3) is 0.769. The highest BCUT2D eigenvalue weighted by molar-refractivity contribution is 5.80. The SMILES string of the molecule is CCCC(=O)CC1=C(C)CCCCC1. The lowest BCUT2D eigenvalue weighted by Gasteiger charge is -2.07. The Hall–Kier alpha value is -0.590. The predicted molar refractivity (Wildman–Crippen MR) is 60.3 cm³/mol. The quantitative estimate of drug-likeness (QED) is 0.618. The normalized spacial score (nSPS) is 18.1. The average molecular weight is 194 g/mol. The van der Waals surface area contributed by atoms with Crippen LogP contribution in [0.5, 0.6) is 0 Å². The summed E-state index contributed by atoms with van der Waals surface area (Å²) in [5, 5.41) is 0. The van der Waals surface area contributed by atoms with Crippen molar-refractivity contribution in [1.82, 2.24) is 0 Å². The summed E-state index contributed by atoms with van der Waals surface area (Å²) in [5.74, 6) is 0.434. The standard InChI is InChI=1S/C13H22O/c1-3-7-13(14)10-12-9-6-4-5-8-11(12)2/h3-10H2,1-2H3. The van der Waals surface area contributed by atoms with Crippen molar-refractivity contribution in [3.8, 4) is 0 Å². The van der Waals surface area contributed by atoms with Crippen LogP contribution in [0.3, 0.4) is 0 Å². The molecule has 0 aromatic carbocycles. The zero-order valence-electron chi connectivity index (χ0n) is 9.57. The first-order chi connectivity index (χ1) is 6.74. The predicted octanol–water partition coefficient (Wildman–Crippen LogP) is 4.03.